The average molecular weight is 209 g/mol. The van der Waals surface area contributed by atoms with Crippen molar-refractivity contribution < 1.29 is 18.8 Å². The van der Waals surface area contributed by atoms with E-state index >= 15 is 0 Å². The maximum absolute atomic E-state index is 10.7. The van der Waals surface area contributed by atoms with Gasteiger partial charge in [0.1, 0.15) is 5.75 Å². The third-order valence-corrected chi connectivity index (χ3v) is 2.20. The van der Waals surface area contributed by atoms with E-state index in [2.05, 4.69) is 4.98 Å². The molecular weight excluding hydrogens is 195 g/mol. The SMILES string of the molecule is [2H][13C]([2H])([2H])Oc1ccc2[nH]cc(CC(=O)O)c2c1. The highest BCUT2D eigenvalue weighted by Crippen LogP contribution is 2.23. The Morgan fingerprint density at radius 3 is 3.27 bits per heavy atom. The quantitative estimate of drug-likeness (QED) is 0.758. The second-order valence-corrected chi connectivity index (χ2v) is 3.19. The van der Waals surface area contributed by atoms with Gasteiger partial charge in [-0.3, -0.25) is 4.79 Å². The van der Waals surface area contributed by atoms with E-state index in [-0.39, 0.29) is 12.2 Å². The Bertz CT molecular complexity index is 589. The molecule has 0 atom stereocenters. The van der Waals surface area contributed by atoms with Crippen LogP contribution < -0.4 is 4.74 Å². The van der Waals surface area contributed by atoms with E-state index in [9.17, 15) is 4.79 Å². The molecule has 0 amide bonds. The molecule has 0 fully saturated rings. The first-order chi connectivity index (χ1) is 8.35. The summed E-state index contributed by atoms with van der Waals surface area (Å²) < 4.78 is 25.8. The molecule has 0 saturated carbocycles. The van der Waals surface area contributed by atoms with E-state index in [4.69, 9.17) is 14.0 Å². The summed E-state index contributed by atoms with van der Waals surface area (Å²) in [6.45, 7) is 0. The van der Waals surface area contributed by atoms with Crippen LogP contribution in [0, 0.1) is 0 Å². The maximum Gasteiger partial charge on any atom is 0.307 e. The normalized spacial score (nSPS) is 14.3. The summed E-state index contributed by atoms with van der Waals surface area (Å²) in [6, 6.07) is 4.70. The van der Waals surface area contributed by atoms with Gasteiger partial charge in [0.05, 0.1) is 17.6 Å². The standard InChI is InChI=1S/C11H11NO3/c1-15-8-2-3-10-9(5-8)7(6-12-10)4-11(13)14/h2-3,5-6,12H,4H2,1H3,(H,13,14)/i1+1D3. The largest absolute Gasteiger partial charge is 0.497 e. The molecule has 1 aromatic heterocycles. The number of aliphatic carboxylic acids is 1. The highest BCUT2D eigenvalue weighted by atomic mass is 16.5. The van der Waals surface area contributed by atoms with Crippen molar-refractivity contribution in [1.29, 1.82) is 0 Å². The number of carbonyl (C=O) groups is 1. The van der Waals surface area contributed by atoms with Gasteiger partial charge in [-0.05, 0) is 23.8 Å². The Hall–Kier alpha value is -1.97. The highest BCUT2D eigenvalue weighted by Gasteiger charge is 2.08. The summed E-state index contributed by atoms with van der Waals surface area (Å²) >= 11 is 0. The number of rotatable bonds is 3. The van der Waals surface area contributed by atoms with Crippen molar-refractivity contribution >= 4 is 16.9 Å². The monoisotopic (exact) mass is 209 g/mol. The van der Waals surface area contributed by atoms with Crippen LogP contribution in [0.1, 0.15) is 9.68 Å². The molecule has 0 bridgehead atoms. The zero-order chi connectivity index (χ0) is 13.3. The van der Waals surface area contributed by atoms with Gasteiger partial charge in [0.15, 0.2) is 0 Å². The number of carboxylic acids is 1. The molecule has 15 heavy (non-hydrogen) atoms. The van der Waals surface area contributed by atoms with Crippen LogP contribution in [0.15, 0.2) is 24.4 Å². The van der Waals surface area contributed by atoms with Crippen molar-refractivity contribution in [1.82, 2.24) is 4.98 Å². The Kier molecular flexibility index (Phi) is 1.58. The molecule has 0 radical (unpaired) electrons. The van der Waals surface area contributed by atoms with Crippen molar-refractivity contribution in [3.63, 3.8) is 0 Å². The Labute approximate surface area is 90.7 Å². The van der Waals surface area contributed by atoms with Crippen LogP contribution in [-0.4, -0.2) is 23.1 Å². The van der Waals surface area contributed by atoms with E-state index in [0.29, 0.717) is 10.9 Å². The molecule has 0 aliphatic rings. The summed E-state index contributed by atoms with van der Waals surface area (Å²) in [4.78, 5) is 13.6. The number of methoxy groups -OCH3 is 1. The van der Waals surface area contributed by atoms with Gasteiger partial charge in [0.25, 0.3) is 0 Å². The number of aromatic amines is 1. The molecule has 0 aliphatic carbocycles. The summed E-state index contributed by atoms with van der Waals surface area (Å²) in [5.74, 6) is -0.758. The lowest BCUT2D eigenvalue weighted by atomic mass is 10.1. The molecule has 78 valence electrons. The zero-order valence-electron chi connectivity index (χ0n) is 10.8. The second-order valence-electron chi connectivity index (χ2n) is 3.19. The zero-order valence-corrected chi connectivity index (χ0v) is 7.78. The lowest BCUT2D eigenvalue weighted by Gasteiger charge is -2.00. The van der Waals surface area contributed by atoms with Gasteiger partial charge in [-0.15, -0.1) is 0 Å². The predicted molar refractivity (Wildman–Crippen MR) is 56.2 cm³/mol. The fraction of sp³-hybridized carbons (Fsp3) is 0.182. The van der Waals surface area contributed by atoms with Gasteiger partial charge in [0, 0.05) is 17.1 Å². The van der Waals surface area contributed by atoms with Crippen molar-refractivity contribution in [2.75, 3.05) is 7.04 Å². The summed E-state index contributed by atoms with van der Waals surface area (Å²) in [5, 5.41) is 9.42. The number of hydrogen-bond donors (Lipinski definition) is 2. The first kappa shape index (κ1) is 6.50. The summed E-state index contributed by atoms with van der Waals surface area (Å²) in [5.41, 5.74) is 1.33. The first-order valence-corrected chi connectivity index (χ1v) is 4.36. The Balaban J connectivity index is 2.39. The molecule has 2 aromatic rings. The number of carboxylic acid groups (broad SMARTS) is 1. The predicted octanol–water partition coefficient (Wildman–Crippen LogP) is 1.80. The van der Waals surface area contributed by atoms with Crippen LogP contribution in [-0.2, 0) is 11.2 Å². The van der Waals surface area contributed by atoms with Gasteiger partial charge in [-0.25, -0.2) is 0 Å². The molecule has 1 aromatic carbocycles. The van der Waals surface area contributed by atoms with Crippen LogP contribution in [0.25, 0.3) is 10.9 Å². The minimum absolute atomic E-state index is 0.128. The van der Waals surface area contributed by atoms with Crippen molar-refractivity contribution in [3.05, 3.63) is 30.0 Å². The number of benzene rings is 1. The van der Waals surface area contributed by atoms with Crippen LogP contribution >= 0.6 is 0 Å². The van der Waals surface area contributed by atoms with Crippen LogP contribution in [0.4, 0.5) is 0 Å². The number of nitrogens with one attached hydrogen (secondary N) is 1. The molecule has 0 spiro atoms. The highest BCUT2D eigenvalue weighted by molar-refractivity contribution is 5.87. The third kappa shape index (κ3) is 1.79. The minimum Gasteiger partial charge on any atom is -0.497 e. The van der Waals surface area contributed by atoms with E-state index in [1.54, 1.807) is 12.3 Å². The van der Waals surface area contributed by atoms with Gasteiger partial charge in [-0.2, -0.15) is 0 Å². The van der Waals surface area contributed by atoms with E-state index in [1.807, 2.05) is 0 Å². The summed E-state index contributed by atoms with van der Waals surface area (Å²) in [6.07, 6.45) is 1.47. The Morgan fingerprint density at radius 2 is 2.53 bits per heavy atom. The molecule has 2 N–H and O–H groups in total. The number of hydrogen-bond acceptors (Lipinski definition) is 2. The van der Waals surface area contributed by atoms with Gasteiger partial charge >= 0.3 is 5.97 Å². The maximum atomic E-state index is 10.7. The van der Waals surface area contributed by atoms with Crippen LogP contribution in [0.5, 0.6) is 5.75 Å². The number of aromatic nitrogens is 1. The summed E-state index contributed by atoms with van der Waals surface area (Å²) in [7, 11) is -2.52. The molecule has 4 heteroatoms. The average Bonchev–Trinajstić information content (AvgIpc) is 2.58. The van der Waals surface area contributed by atoms with E-state index in [1.165, 1.54) is 12.1 Å². The van der Waals surface area contributed by atoms with Crippen molar-refractivity contribution in [2.45, 2.75) is 6.42 Å². The van der Waals surface area contributed by atoms with Crippen molar-refractivity contribution in [3.8, 4) is 5.75 Å². The lowest BCUT2D eigenvalue weighted by molar-refractivity contribution is -0.136. The fourth-order valence-corrected chi connectivity index (χ4v) is 1.53. The number of fused-ring (bicyclic) bond motifs is 1. The molecule has 4 nitrogen and oxygen atoms in total. The molecule has 0 unspecified atom stereocenters. The molecule has 1 heterocycles. The van der Waals surface area contributed by atoms with E-state index < -0.39 is 13.0 Å². The smallest absolute Gasteiger partial charge is 0.307 e. The number of ether oxygens (including phenoxy) is 1. The molecule has 0 saturated heterocycles. The van der Waals surface area contributed by atoms with Crippen LogP contribution in [0.2, 0.25) is 0 Å². The van der Waals surface area contributed by atoms with Gasteiger partial charge < -0.3 is 14.8 Å². The first-order valence-electron chi connectivity index (χ1n) is 5.86. The second kappa shape index (κ2) is 3.65. The third-order valence-electron chi connectivity index (χ3n) is 2.20. The minimum atomic E-state index is -2.52. The van der Waals surface area contributed by atoms with E-state index in [0.717, 1.165) is 5.52 Å². The number of H-pyrrole nitrogens is 1. The van der Waals surface area contributed by atoms with Gasteiger partial charge in [0.2, 0.25) is 0 Å². The fourth-order valence-electron chi connectivity index (χ4n) is 1.53. The molecule has 2 rings (SSSR count). The topological polar surface area (TPSA) is 62.3 Å². The van der Waals surface area contributed by atoms with Crippen molar-refractivity contribution in [2.24, 2.45) is 0 Å². The Morgan fingerprint density at radius 1 is 1.67 bits per heavy atom. The molecular formula is C11H11NO3. The van der Waals surface area contributed by atoms with Crippen LogP contribution in [0.3, 0.4) is 0 Å². The molecule has 0 aliphatic heterocycles. The van der Waals surface area contributed by atoms with Gasteiger partial charge in [-0.1, -0.05) is 0 Å². The lowest BCUT2D eigenvalue weighted by Crippen LogP contribution is -1.98.